The summed E-state index contributed by atoms with van der Waals surface area (Å²) in [5, 5.41) is 3.58. The van der Waals surface area contributed by atoms with Gasteiger partial charge in [0.15, 0.2) is 0 Å². The summed E-state index contributed by atoms with van der Waals surface area (Å²) in [6.45, 7) is 4.51. The third-order valence-electron chi connectivity index (χ3n) is 4.52. The summed E-state index contributed by atoms with van der Waals surface area (Å²) in [7, 11) is 0. The second kappa shape index (κ2) is 7.50. The quantitative estimate of drug-likeness (QED) is 0.522. The van der Waals surface area contributed by atoms with Gasteiger partial charge in [-0.05, 0) is 54.8 Å². The van der Waals surface area contributed by atoms with Gasteiger partial charge in [0.25, 0.3) is 0 Å². The van der Waals surface area contributed by atoms with Crippen LogP contribution in [0, 0.1) is 0 Å². The monoisotopic (exact) mass is 369 g/mol. The maximum Gasteiger partial charge on any atom is 0.0522 e. The fourth-order valence-electron chi connectivity index (χ4n) is 3.23. The van der Waals surface area contributed by atoms with Crippen molar-refractivity contribution in [1.82, 2.24) is 0 Å². The Morgan fingerprint density at radius 1 is 0.741 bits per heavy atom. The van der Waals surface area contributed by atoms with E-state index < -0.39 is 0 Å². The number of para-hydroxylation sites is 1. The van der Waals surface area contributed by atoms with E-state index in [0.717, 1.165) is 5.70 Å². The molecule has 0 amide bonds. The third kappa shape index (κ3) is 4.35. The molecule has 0 spiro atoms. The van der Waals surface area contributed by atoms with Crippen LogP contribution in [0.15, 0.2) is 102 Å². The summed E-state index contributed by atoms with van der Waals surface area (Å²) in [5.74, 6) is 0. The van der Waals surface area contributed by atoms with Gasteiger partial charge in [0.2, 0.25) is 0 Å². The third-order valence-corrected chi connectivity index (χ3v) is 5.74. The summed E-state index contributed by atoms with van der Waals surface area (Å²) in [6.07, 6.45) is 6.64. The van der Waals surface area contributed by atoms with Crippen LogP contribution in [0.3, 0.4) is 0 Å². The Labute approximate surface area is 165 Å². The molecule has 0 saturated carbocycles. The maximum absolute atomic E-state index is 3.58. The summed E-state index contributed by atoms with van der Waals surface area (Å²) in [5.41, 5.74) is 5.98. The van der Waals surface area contributed by atoms with Gasteiger partial charge in [0.05, 0.1) is 5.69 Å². The number of hydrogen-bond acceptors (Lipinski definition) is 2. The molecule has 3 aromatic rings. The standard InChI is InChI=1S/C25H23NS/c1-25(2)18-22(26-23-10-6-7-11-24(23)27-25)17-14-19-12-15-21(16-13-19)20-8-4-3-5-9-20/h3-18,26H,1-2H3/b17-14+. The molecule has 3 aromatic carbocycles. The molecular formula is C25H23NS. The van der Waals surface area contributed by atoms with Gasteiger partial charge in [0, 0.05) is 15.3 Å². The molecule has 1 aliphatic rings. The minimum atomic E-state index is 0.0381. The average Bonchev–Trinajstić information content (AvgIpc) is 2.81. The molecule has 4 rings (SSSR count). The van der Waals surface area contributed by atoms with Crippen LogP contribution in [0.2, 0.25) is 0 Å². The van der Waals surface area contributed by atoms with Crippen molar-refractivity contribution < 1.29 is 0 Å². The molecule has 0 fully saturated rings. The van der Waals surface area contributed by atoms with Crippen molar-refractivity contribution in [3.63, 3.8) is 0 Å². The fourth-order valence-corrected chi connectivity index (χ4v) is 4.36. The number of thioether (sulfide) groups is 1. The summed E-state index contributed by atoms with van der Waals surface area (Å²) < 4.78 is 0.0381. The van der Waals surface area contributed by atoms with Gasteiger partial charge >= 0.3 is 0 Å². The topological polar surface area (TPSA) is 12.0 Å². The number of rotatable bonds is 3. The predicted molar refractivity (Wildman–Crippen MR) is 119 cm³/mol. The summed E-state index contributed by atoms with van der Waals surface area (Å²) in [4.78, 5) is 1.29. The van der Waals surface area contributed by atoms with Crippen LogP contribution < -0.4 is 5.32 Å². The Balaban J connectivity index is 1.56. The van der Waals surface area contributed by atoms with Gasteiger partial charge < -0.3 is 5.32 Å². The minimum Gasteiger partial charge on any atom is -0.355 e. The first-order chi connectivity index (χ1) is 13.1. The zero-order chi connectivity index (χ0) is 18.7. The predicted octanol–water partition coefficient (Wildman–Crippen LogP) is 7.25. The molecule has 1 nitrogen and oxygen atoms in total. The van der Waals surface area contributed by atoms with Crippen LogP contribution in [0.4, 0.5) is 5.69 Å². The van der Waals surface area contributed by atoms with E-state index in [1.54, 1.807) is 0 Å². The lowest BCUT2D eigenvalue weighted by Crippen LogP contribution is -2.10. The molecule has 27 heavy (non-hydrogen) atoms. The highest BCUT2D eigenvalue weighted by Crippen LogP contribution is 2.41. The average molecular weight is 370 g/mol. The van der Waals surface area contributed by atoms with Crippen LogP contribution >= 0.6 is 11.8 Å². The first-order valence-corrected chi connectivity index (χ1v) is 10.0. The van der Waals surface area contributed by atoms with Crippen molar-refractivity contribution in [3.05, 3.63) is 102 Å². The van der Waals surface area contributed by atoms with Crippen LogP contribution in [0.1, 0.15) is 19.4 Å². The molecule has 2 heteroatoms. The van der Waals surface area contributed by atoms with E-state index in [4.69, 9.17) is 0 Å². The fraction of sp³-hybridized carbons (Fsp3) is 0.120. The molecule has 1 aliphatic heterocycles. The van der Waals surface area contributed by atoms with Crippen molar-refractivity contribution in [3.8, 4) is 11.1 Å². The van der Waals surface area contributed by atoms with E-state index in [1.165, 1.54) is 27.3 Å². The van der Waals surface area contributed by atoms with Crippen molar-refractivity contribution in [2.75, 3.05) is 5.32 Å². The second-order valence-corrected chi connectivity index (χ2v) is 8.94. The molecule has 0 unspecified atom stereocenters. The largest absolute Gasteiger partial charge is 0.355 e. The molecule has 0 aliphatic carbocycles. The van der Waals surface area contributed by atoms with Gasteiger partial charge in [0.1, 0.15) is 0 Å². The van der Waals surface area contributed by atoms with E-state index in [2.05, 4.69) is 110 Å². The molecule has 134 valence electrons. The first-order valence-electron chi connectivity index (χ1n) is 9.21. The lowest BCUT2D eigenvalue weighted by molar-refractivity contribution is 0.895. The van der Waals surface area contributed by atoms with Crippen molar-refractivity contribution in [1.29, 1.82) is 0 Å². The second-order valence-electron chi connectivity index (χ2n) is 7.25. The van der Waals surface area contributed by atoms with Gasteiger partial charge in [-0.25, -0.2) is 0 Å². The van der Waals surface area contributed by atoms with Crippen LogP contribution in [-0.4, -0.2) is 4.75 Å². The maximum atomic E-state index is 3.58. The molecule has 0 aromatic heterocycles. The number of nitrogens with one attached hydrogen (secondary N) is 1. The Bertz CT molecular complexity index is 982. The Kier molecular flexibility index (Phi) is 4.91. The van der Waals surface area contributed by atoms with Crippen LogP contribution in [0.5, 0.6) is 0 Å². The lowest BCUT2D eigenvalue weighted by Gasteiger charge is -2.18. The van der Waals surface area contributed by atoms with E-state index in [9.17, 15) is 0 Å². The number of hydrogen-bond donors (Lipinski definition) is 1. The Morgan fingerprint density at radius 2 is 1.41 bits per heavy atom. The molecule has 0 radical (unpaired) electrons. The molecule has 0 atom stereocenters. The zero-order valence-electron chi connectivity index (χ0n) is 15.6. The number of fused-ring (bicyclic) bond motifs is 1. The van der Waals surface area contributed by atoms with Crippen molar-refractivity contribution in [2.45, 2.75) is 23.5 Å². The van der Waals surface area contributed by atoms with Gasteiger partial charge in [-0.15, -0.1) is 11.8 Å². The van der Waals surface area contributed by atoms with Crippen LogP contribution in [0.25, 0.3) is 17.2 Å². The normalized spacial score (nSPS) is 15.6. The van der Waals surface area contributed by atoms with Gasteiger partial charge in [-0.1, -0.05) is 72.8 Å². The highest BCUT2D eigenvalue weighted by Gasteiger charge is 2.22. The molecule has 1 N–H and O–H groups in total. The van der Waals surface area contributed by atoms with Gasteiger partial charge in [-0.2, -0.15) is 0 Å². The van der Waals surface area contributed by atoms with E-state index in [1.807, 2.05) is 17.8 Å². The van der Waals surface area contributed by atoms with E-state index in [-0.39, 0.29) is 4.75 Å². The minimum absolute atomic E-state index is 0.0381. The molecule has 0 saturated heterocycles. The highest BCUT2D eigenvalue weighted by atomic mass is 32.2. The lowest BCUT2D eigenvalue weighted by atomic mass is 10.0. The SMILES string of the molecule is CC1(C)C=C(/C=C/c2ccc(-c3ccccc3)cc2)Nc2ccccc2S1. The zero-order valence-corrected chi connectivity index (χ0v) is 16.5. The van der Waals surface area contributed by atoms with E-state index >= 15 is 0 Å². The highest BCUT2D eigenvalue weighted by molar-refractivity contribution is 8.01. The number of anilines is 1. The van der Waals surface area contributed by atoms with Crippen molar-refractivity contribution >= 4 is 23.5 Å². The van der Waals surface area contributed by atoms with Crippen molar-refractivity contribution in [2.24, 2.45) is 0 Å². The molecule has 0 bridgehead atoms. The smallest absolute Gasteiger partial charge is 0.0522 e. The Hall–Kier alpha value is -2.71. The summed E-state index contributed by atoms with van der Waals surface area (Å²) >= 11 is 1.89. The molecule has 1 heterocycles. The molecular weight excluding hydrogens is 346 g/mol. The first kappa shape index (κ1) is 17.7. The number of benzene rings is 3. The number of allylic oxidation sites excluding steroid dienone is 1. The Morgan fingerprint density at radius 3 is 2.19 bits per heavy atom. The van der Waals surface area contributed by atoms with Crippen LogP contribution in [-0.2, 0) is 0 Å². The summed E-state index contributed by atoms with van der Waals surface area (Å²) in [6, 6.07) is 27.7. The van der Waals surface area contributed by atoms with E-state index in [0.29, 0.717) is 0 Å². The van der Waals surface area contributed by atoms with Gasteiger partial charge in [-0.3, -0.25) is 0 Å².